The number of aromatic nitrogens is 9. The molecule has 11 heteroatoms. The molecule has 1 saturated carbocycles. The van der Waals surface area contributed by atoms with Crippen LogP contribution in [0.15, 0.2) is 55.4 Å². The highest BCUT2D eigenvalue weighted by molar-refractivity contribution is 6.29. The highest BCUT2D eigenvalue weighted by Gasteiger charge is 2.27. The summed E-state index contributed by atoms with van der Waals surface area (Å²) in [5, 5.41) is 1.11. The third kappa shape index (κ3) is 5.14. The Kier molecular flexibility index (Phi) is 7.08. The van der Waals surface area contributed by atoms with Crippen LogP contribution in [0.4, 0.5) is 0 Å². The number of imidazole rings is 3. The van der Waals surface area contributed by atoms with Gasteiger partial charge in [0.1, 0.15) is 22.4 Å². The zero-order valence-electron chi connectivity index (χ0n) is 21.0. The van der Waals surface area contributed by atoms with Crippen molar-refractivity contribution in [2.45, 2.75) is 45.7 Å². The van der Waals surface area contributed by atoms with E-state index in [0.717, 1.165) is 38.9 Å². The topological polar surface area (TPSA) is 92.1 Å². The Morgan fingerprint density at radius 3 is 1.84 bits per heavy atom. The lowest BCUT2D eigenvalue weighted by Gasteiger charge is -2.08. The fourth-order valence-corrected chi connectivity index (χ4v) is 4.88. The molecule has 0 N–H and O–H groups in total. The molecule has 0 amide bonds. The predicted octanol–water partition coefficient (Wildman–Crippen LogP) is 6.36. The Balaban J connectivity index is 0.000000114. The van der Waals surface area contributed by atoms with Crippen LogP contribution in [0.2, 0.25) is 10.6 Å². The summed E-state index contributed by atoms with van der Waals surface area (Å²) in [7, 11) is 2.00. The summed E-state index contributed by atoms with van der Waals surface area (Å²) in [6.45, 7) is 6.14. The summed E-state index contributed by atoms with van der Waals surface area (Å²) in [6.07, 6.45) is 13.0. The fourth-order valence-electron chi connectivity index (χ4n) is 4.19. The van der Waals surface area contributed by atoms with Gasteiger partial charge in [-0.1, -0.05) is 0 Å². The van der Waals surface area contributed by atoms with Crippen molar-refractivity contribution in [3.8, 4) is 0 Å². The van der Waals surface area contributed by atoms with Crippen LogP contribution in [0.25, 0.3) is 33.1 Å². The van der Waals surface area contributed by atoms with Gasteiger partial charge in [0.25, 0.3) is 0 Å². The Hall–Kier alpha value is -3.56. The zero-order chi connectivity index (χ0) is 26.1. The molecule has 1 aliphatic carbocycles. The van der Waals surface area contributed by atoms with Crippen molar-refractivity contribution in [1.29, 1.82) is 0 Å². The minimum Gasteiger partial charge on any atom is -0.331 e. The summed E-state index contributed by atoms with van der Waals surface area (Å²) in [6, 6.07) is 6.75. The van der Waals surface area contributed by atoms with Crippen molar-refractivity contribution >= 4 is 56.3 Å². The van der Waals surface area contributed by atoms with E-state index in [0.29, 0.717) is 22.7 Å². The highest BCUT2D eigenvalue weighted by Crippen LogP contribution is 2.39. The van der Waals surface area contributed by atoms with Crippen molar-refractivity contribution in [3.63, 3.8) is 0 Å². The maximum absolute atomic E-state index is 6.03. The number of rotatable bonds is 2. The van der Waals surface area contributed by atoms with Gasteiger partial charge in [0, 0.05) is 37.7 Å². The van der Waals surface area contributed by atoms with Crippen molar-refractivity contribution < 1.29 is 0 Å². The first-order valence-corrected chi connectivity index (χ1v) is 12.8. The maximum Gasteiger partial charge on any atom is 0.204 e. The molecule has 1 fully saturated rings. The second-order valence-electron chi connectivity index (χ2n) is 9.14. The SMILES string of the molecule is CC(C)n1c(Cl)nc2cnccc21.Cc1nc2cnccc2n1C.Clc1nc2cnccc2n1C1CC1. The monoisotopic (exact) mass is 535 g/mol. The lowest BCUT2D eigenvalue weighted by Crippen LogP contribution is -1.99. The van der Waals surface area contributed by atoms with Gasteiger partial charge in [0.15, 0.2) is 0 Å². The third-order valence-corrected chi connectivity index (χ3v) is 6.77. The van der Waals surface area contributed by atoms with Gasteiger partial charge in [-0.05, 0) is 75.0 Å². The van der Waals surface area contributed by atoms with Crippen LogP contribution in [-0.4, -0.2) is 43.6 Å². The lowest BCUT2D eigenvalue weighted by molar-refractivity contribution is 0.618. The summed E-state index contributed by atoms with van der Waals surface area (Å²) in [5.74, 6) is 1.02. The Labute approximate surface area is 224 Å². The molecule has 6 aromatic heterocycles. The highest BCUT2D eigenvalue weighted by atomic mass is 35.5. The normalized spacial score (nSPS) is 13.1. The molecule has 6 heterocycles. The minimum atomic E-state index is 0.319. The van der Waals surface area contributed by atoms with Crippen molar-refractivity contribution in [2.75, 3.05) is 0 Å². The van der Waals surface area contributed by atoms with Gasteiger partial charge in [-0.15, -0.1) is 0 Å². The molecule has 0 spiro atoms. The predicted molar refractivity (Wildman–Crippen MR) is 147 cm³/mol. The van der Waals surface area contributed by atoms with Gasteiger partial charge in [0.05, 0.1) is 35.1 Å². The van der Waals surface area contributed by atoms with E-state index in [1.807, 2.05) is 36.7 Å². The zero-order valence-corrected chi connectivity index (χ0v) is 22.6. The fraction of sp³-hybridized carbons (Fsp3) is 0.308. The van der Waals surface area contributed by atoms with Crippen molar-refractivity contribution in [3.05, 3.63) is 71.8 Å². The first-order valence-electron chi connectivity index (χ1n) is 12.0. The number of halogens is 2. The first kappa shape index (κ1) is 25.1. The van der Waals surface area contributed by atoms with Crippen LogP contribution in [0.1, 0.15) is 44.6 Å². The van der Waals surface area contributed by atoms with Gasteiger partial charge in [-0.25, -0.2) is 15.0 Å². The number of fused-ring (bicyclic) bond motifs is 3. The van der Waals surface area contributed by atoms with E-state index < -0.39 is 0 Å². The van der Waals surface area contributed by atoms with E-state index in [1.165, 1.54) is 12.8 Å². The van der Waals surface area contributed by atoms with E-state index >= 15 is 0 Å². The Morgan fingerprint density at radius 2 is 1.27 bits per heavy atom. The molecule has 37 heavy (non-hydrogen) atoms. The van der Waals surface area contributed by atoms with E-state index in [1.54, 1.807) is 37.2 Å². The largest absolute Gasteiger partial charge is 0.331 e. The number of pyridine rings is 3. The van der Waals surface area contributed by atoms with Gasteiger partial charge in [-0.2, -0.15) is 0 Å². The molecule has 0 radical (unpaired) electrons. The molecule has 7 rings (SSSR count). The summed E-state index contributed by atoms with van der Waals surface area (Å²) in [4.78, 5) is 24.7. The molecule has 6 aromatic rings. The van der Waals surface area contributed by atoms with Crippen LogP contribution in [-0.2, 0) is 7.05 Å². The molecular weight excluding hydrogens is 509 g/mol. The van der Waals surface area contributed by atoms with Crippen LogP contribution in [0.3, 0.4) is 0 Å². The maximum atomic E-state index is 6.03. The average molecular weight is 536 g/mol. The van der Waals surface area contributed by atoms with Crippen molar-refractivity contribution in [1.82, 2.24) is 43.6 Å². The second kappa shape index (κ2) is 10.4. The summed E-state index contributed by atoms with van der Waals surface area (Å²) in [5.41, 5.74) is 5.98. The summed E-state index contributed by atoms with van der Waals surface area (Å²) >= 11 is 12.0. The molecule has 0 saturated heterocycles. The van der Waals surface area contributed by atoms with Crippen LogP contribution < -0.4 is 0 Å². The number of hydrogen-bond donors (Lipinski definition) is 0. The summed E-state index contributed by atoms with van der Waals surface area (Å²) < 4.78 is 6.13. The molecule has 9 nitrogen and oxygen atoms in total. The van der Waals surface area contributed by atoms with E-state index in [2.05, 4.69) is 52.9 Å². The molecule has 0 aliphatic heterocycles. The van der Waals surface area contributed by atoms with Gasteiger partial charge >= 0.3 is 0 Å². The third-order valence-electron chi connectivity index (χ3n) is 6.23. The standard InChI is InChI=1S/C9H8ClN3.C9H10ClN3.C8H9N3/c10-9-12-7-5-11-4-3-8(7)13(9)6-1-2-6;1-6(2)13-8-3-4-11-5-7(8)12-9(13)10;1-6-10-7-5-9-4-3-8(7)11(6)2/h3-6H,1-2H2;3-6H,1-2H3;3-5H,1-2H3. The molecule has 0 unspecified atom stereocenters. The van der Waals surface area contributed by atoms with E-state index in [9.17, 15) is 0 Å². The number of aryl methyl sites for hydroxylation is 2. The smallest absolute Gasteiger partial charge is 0.204 e. The molecule has 190 valence electrons. The van der Waals surface area contributed by atoms with Crippen molar-refractivity contribution in [2.24, 2.45) is 7.05 Å². The Bertz CT molecular complexity index is 1600. The quantitative estimate of drug-likeness (QED) is 0.256. The molecule has 0 atom stereocenters. The Morgan fingerprint density at radius 1 is 0.757 bits per heavy atom. The van der Waals surface area contributed by atoms with Crippen LogP contribution in [0, 0.1) is 6.92 Å². The lowest BCUT2D eigenvalue weighted by atomic mass is 10.3. The molecular formula is C26H27Cl2N9. The second-order valence-corrected chi connectivity index (χ2v) is 9.81. The molecule has 0 bridgehead atoms. The van der Waals surface area contributed by atoms with Gasteiger partial charge in [-0.3, -0.25) is 15.0 Å². The average Bonchev–Trinajstić information content (AvgIpc) is 3.48. The minimum absolute atomic E-state index is 0.319. The first-order chi connectivity index (χ1) is 17.8. The molecule has 1 aliphatic rings. The molecule has 0 aromatic carbocycles. The van der Waals surface area contributed by atoms with Crippen LogP contribution >= 0.6 is 23.2 Å². The van der Waals surface area contributed by atoms with Gasteiger partial charge in [0.2, 0.25) is 10.6 Å². The number of hydrogen-bond acceptors (Lipinski definition) is 6. The van der Waals surface area contributed by atoms with E-state index in [-0.39, 0.29) is 0 Å². The van der Waals surface area contributed by atoms with E-state index in [4.69, 9.17) is 23.2 Å². The van der Waals surface area contributed by atoms with Crippen LogP contribution in [0.5, 0.6) is 0 Å². The number of nitrogens with zero attached hydrogens (tertiary/aromatic N) is 9. The van der Waals surface area contributed by atoms with Gasteiger partial charge < -0.3 is 13.7 Å².